The maximum atomic E-state index is 13.6. The van der Waals surface area contributed by atoms with E-state index in [1.807, 2.05) is 49.3 Å². The van der Waals surface area contributed by atoms with E-state index < -0.39 is 0 Å². The Labute approximate surface area is 112 Å². The molecule has 1 aliphatic rings. The molecule has 0 amide bonds. The lowest BCUT2D eigenvalue weighted by Crippen LogP contribution is -2.18. The highest BCUT2D eigenvalue weighted by atomic mass is 19.1. The minimum atomic E-state index is -0.186. The minimum absolute atomic E-state index is 0.186. The van der Waals surface area contributed by atoms with Crippen LogP contribution in [0.2, 0.25) is 0 Å². The standard InChI is InChI=1S/C15H18FN3/c1-19(2)12-6-3-11(4-7-12)5-8-13-14(16)9-10-18-15(13)17/h3-8H,9-10H2,1-2H3,(H2,17,18)/b8-5+. The van der Waals surface area contributed by atoms with E-state index in [-0.39, 0.29) is 11.7 Å². The fourth-order valence-corrected chi connectivity index (χ4v) is 1.87. The van der Waals surface area contributed by atoms with Crippen molar-refractivity contribution in [3.05, 3.63) is 47.3 Å². The Morgan fingerprint density at radius 1 is 1.21 bits per heavy atom. The van der Waals surface area contributed by atoms with Gasteiger partial charge in [-0.2, -0.15) is 0 Å². The summed E-state index contributed by atoms with van der Waals surface area (Å²) in [5, 5.41) is 0. The van der Waals surface area contributed by atoms with E-state index >= 15 is 0 Å². The van der Waals surface area contributed by atoms with E-state index in [9.17, 15) is 4.39 Å². The van der Waals surface area contributed by atoms with Crippen LogP contribution >= 0.6 is 0 Å². The van der Waals surface area contributed by atoms with Crippen molar-refractivity contribution in [1.29, 1.82) is 0 Å². The monoisotopic (exact) mass is 259 g/mol. The van der Waals surface area contributed by atoms with Crippen molar-refractivity contribution in [3.8, 4) is 0 Å². The molecule has 1 aromatic carbocycles. The summed E-state index contributed by atoms with van der Waals surface area (Å²) >= 11 is 0. The van der Waals surface area contributed by atoms with Crippen molar-refractivity contribution in [2.24, 2.45) is 10.7 Å². The van der Waals surface area contributed by atoms with Gasteiger partial charge in [-0.1, -0.05) is 18.2 Å². The molecule has 0 unspecified atom stereocenters. The summed E-state index contributed by atoms with van der Waals surface area (Å²) in [6.45, 7) is 0.437. The first kappa shape index (κ1) is 13.3. The predicted octanol–water partition coefficient (Wildman–Crippen LogP) is 2.75. The number of hydrogen-bond acceptors (Lipinski definition) is 3. The zero-order valence-electron chi connectivity index (χ0n) is 11.2. The summed E-state index contributed by atoms with van der Waals surface area (Å²) in [4.78, 5) is 6.08. The van der Waals surface area contributed by atoms with Gasteiger partial charge in [-0.05, 0) is 23.8 Å². The van der Waals surface area contributed by atoms with Crippen LogP contribution in [0, 0.1) is 0 Å². The molecule has 2 rings (SSSR count). The Hall–Kier alpha value is -2.10. The molecule has 19 heavy (non-hydrogen) atoms. The Balaban J connectivity index is 2.17. The number of benzene rings is 1. The maximum Gasteiger partial charge on any atom is 0.128 e. The van der Waals surface area contributed by atoms with Gasteiger partial charge in [0.25, 0.3) is 0 Å². The van der Waals surface area contributed by atoms with Crippen LogP contribution in [0.1, 0.15) is 12.0 Å². The molecule has 0 aromatic heterocycles. The highest BCUT2D eigenvalue weighted by Crippen LogP contribution is 2.19. The number of hydrogen-bond donors (Lipinski definition) is 1. The predicted molar refractivity (Wildman–Crippen MR) is 79.0 cm³/mol. The highest BCUT2D eigenvalue weighted by Gasteiger charge is 2.12. The second-order valence-electron chi connectivity index (χ2n) is 4.65. The first-order valence-corrected chi connectivity index (χ1v) is 6.22. The fourth-order valence-electron chi connectivity index (χ4n) is 1.87. The zero-order chi connectivity index (χ0) is 13.8. The molecule has 4 heteroatoms. The number of amidine groups is 1. The van der Waals surface area contributed by atoms with Crippen molar-refractivity contribution in [3.63, 3.8) is 0 Å². The number of halogens is 1. The number of anilines is 1. The van der Waals surface area contributed by atoms with Crippen LogP contribution < -0.4 is 10.6 Å². The third-order valence-electron chi connectivity index (χ3n) is 3.03. The SMILES string of the molecule is CN(C)c1ccc(/C=C/C2=C(F)CCN=C2N)cc1. The molecule has 0 saturated carbocycles. The molecule has 3 nitrogen and oxygen atoms in total. The minimum Gasteiger partial charge on any atom is -0.383 e. The first-order valence-electron chi connectivity index (χ1n) is 6.22. The number of nitrogens with zero attached hydrogens (tertiary/aromatic N) is 2. The molecule has 0 bridgehead atoms. The maximum absolute atomic E-state index is 13.6. The fraction of sp³-hybridized carbons (Fsp3) is 0.267. The molecule has 1 aromatic rings. The van der Waals surface area contributed by atoms with Gasteiger partial charge in [0, 0.05) is 38.3 Å². The smallest absolute Gasteiger partial charge is 0.128 e. The lowest BCUT2D eigenvalue weighted by Gasteiger charge is -2.12. The molecule has 0 aliphatic carbocycles. The molecule has 0 spiro atoms. The van der Waals surface area contributed by atoms with Crippen LogP contribution in [0.5, 0.6) is 0 Å². The average molecular weight is 259 g/mol. The third-order valence-corrected chi connectivity index (χ3v) is 3.03. The van der Waals surface area contributed by atoms with Gasteiger partial charge >= 0.3 is 0 Å². The summed E-state index contributed by atoms with van der Waals surface area (Å²) in [6, 6.07) is 8.01. The molecule has 100 valence electrons. The number of dihydropyridines is 1. The molecule has 0 radical (unpaired) electrons. The summed E-state index contributed by atoms with van der Waals surface area (Å²) in [5.74, 6) is 0.0959. The van der Waals surface area contributed by atoms with Crippen molar-refractivity contribution in [2.75, 3.05) is 25.5 Å². The Bertz CT molecular complexity index is 539. The van der Waals surface area contributed by atoms with Gasteiger partial charge in [0.15, 0.2) is 0 Å². The number of rotatable bonds is 3. The Morgan fingerprint density at radius 3 is 2.47 bits per heavy atom. The number of nitrogens with two attached hydrogens (primary N) is 1. The molecule has 0 fully saturated rings. The van der Waals surface area contributed by atoms with Gasteiger partial charge in [-0.15, -0.1) is 0 Å². The summed E-state index contributed by atoms with van der Waals surface area (Å²) < 4.78 is 13.6. The topological polar surface area (TPSA) is 41.6 Å². The zero-order valence-corrected chi connectivity index (χ0v) is 11.2. The van der Waals surface area contributed by atoms with Gasteiger partial charge in [0.1, 0.15) is 11.7 Å². The normalized spacial score (nSPS) is 15.8. The third kappa shape index (κ3) is 3.22. The highest BCUT2D eigenvalue weighted by molar-refractivity contribution is 6.01. The lowest BCUT2D eigenvalue weighted by atomic mass is 10.1. The second kappa shape index (κ2) is 5.69. The van der Waals surface area contributed by atoms with Crippen molar-refractivity contribution >= 4 is 17.6 Å². The Morgan fingerprint density at radius 2 is 1.89 bits per heavy atom. The van der Waals surface area contributed by atoms with E-state index in [0.29, 0.717) is 18.5 Å². The molecular weight excluding hydrogens is 241 g/mol. The van der Waals surface area contributed by atoms with Gasteiger partial charge in [-0.25, -0.2) is 4.39 Å². The lowest BCUT2D eigenvalue weighted by molar-refractivity contribution is 0.583. The molecule has 2 N–H and O–H groups in total. The quantitative estimate of drug-likeness (QED) is 0.907. The van der Waals surface area contributed by atoms with Crippen LogP contribution in [-0.4, -0.2) is 26.5 Å². The van der Waals surface area contributed by atoms with Crippen LogP contribution in [0.15, 0.2) is 46.7 Å². The van der Waals surface area contributed by atoms with E-state index in [1.54, 1.807) is 6.08 Å². The Kier molecular flexibility index (Phi) is 4.00. The van der Waals surface area contributed by atoms with Gasteiger partial charge in [0.05, 0.1) is 0 Å². The second-order valence-corrected chi connectivity index (χ2v) is 4.65. The van der Waals surface area contributed by atoms with Crippen LogP contribution in [0.25, 0.3) is 6.08 Å². The van der Waals surface area contributed by atoms with E-state index in [4.69, 9.17) is 5.73 Å². The van der Waals surface area contributed by atoms with Crippen LogP contribution in [0.3, 0.4) is 0 Å². The van der Waals surface area contributed by atoms with Crippen molar-refractivity contribution in [1.82, 2.24) is 0 Å². The van der Waals surface area contributed by atoms with Crippen LogP contribution in [-0.2, 0) is 0 Å². The summed E-state index contributed by atoms with van der Waals surface area (Å²) in [5.41, 5.74) is 8.23. The van der Waals surface area contributed by atoms with Crippen molar-refractivity contribution < 1.29 is 4.39 Å². The average Bonchev–Trinajstić information content (AvgIpc) is 2.38. The summed E-state index contributed by atoms with van der Waals surface area (Å²) in [6.07, 6.45) is 3.87. The first-order chi connectivity index (χ1) is 9.08. The molecule has 1 heterocycles. The molecule has 1 aliphatic heterocycles. The van der Waals surface area contributed by atoms with Gasteiger partial charge < -0.3 is 10.6 Å². The van der Waals surface area contributed by atoms with E-state index in [2.05, 4.69) is 4.99 Å². The number of aliphatic imine (C=N–C) groups is 1. The van der Waals surface area contributed by atoms with E-state index in [1.165, 1.54) is 0 Å². The largest absolute Gasteiger partial charge is 0.383 e. The van der Waals surface area contributed by atoms with Gasteiger partial charge in [-0.3, -0.25) is 4.99 Å². The summed E-state index contributed by atoms with van der Waals surface area (Å²) in [7, 11) is 3.98. The van der Waals surface area contributed by atoms with Crippen LogP contribution in [0.4, 0.5) is 10.1 Å². The molecule has 0 atom stereocenters. The molecule has 0 saturated heterocycles. The van der Waals surface area contributed by atoms with E-state index in [0.717, 1.165) is 11.3 Å². The van der Waals surface area contributed by atoms with Crippen molar-refractivity contribution in [2.45, 2.75) is 6.42 Å². The van der Waals surface area contributed by atoms with Gasteiger partial charge in [0.2, 0.25) is 0 Å². The molecular formula is C15H18FN3.